The molecule has 2 aromatic carbocycles. The third-order valence-corrected chi connectivity index (χ3v) is 4.61. The first-order valence-corrected chi connectivity index (χ1v) is 8.87. The van der Waals surface area contributed by atoms with Crippen LogP contribution in [-0.4, -0.2) is 41.2 Å². The Morgan fingerprint density at radius 1 is 1.11 bits per heavy atom. The van der Waals surface area contributed by atoms with Crippen LogP contribution < -0.4 is 5.32 Å². The lowest BCUT2D eigenvalue weighted by Crippen LogP contribution is -2.44. The zero-order valence-corrected chi connectivity index (χ0v) is 15.9. The van der Waals surface area contributed by atoms with E-state index in [4.69, 9.17) is 16.3 Å². The number of carbonyl (C=O) groups excluding carboxylic acids is 4. The van der Waals surface area contributed by atoms with E-state index in [2.05, 4.69) is 5.32 Å². The molecule has 8 heteroatoms. The molecule has 0 spiro atoms. The minimum Gasteiger partial charge on any atom is -0.454 e. The topological polar surface area (TPSA) is 92.8 Å². The first-order chi connectivity index (χ1) is 13.3. The van der Waals surface area contributed by atoms with E-state index in [-0.39, 0.29) is 11.1 Å². The number of carbonyl (C=O) groups is 4. The number of nitrogens with zero attached hydrogens (tertiary/aromatic N) is 1. The van der Waals surface area contributed by atoms with E-state index in [0.717, 1.165) is 10.5 Å². The molecule has 3 amide bonds. The van der Waals surface area contributed by atoms with Crippen molar-refractivity contribution in [1.29, 1.82) is 0 Å². The summed E-state index contributed by atoms with van der Waals surface area (Å²) in [5, 5.41) is 3.05. The van der Waals surface area contributed by atoms with Crippen LogP contribution in [-0.2, 0) is 14.3 Å². The summed E-state index contributed by atoms with van der Waals surface area (Å²) in [4.78, 5) is 50.0. The average Bonchev–Trinajstić information content (AvgIpc) is 2.93. The molecule has 1 aliphatic rings. The molecule has 0 aliphatic carbocycles. The Morgan fingerprint density at radius 2 is 1.71 bits per heavy atom. The molecule has 0 radical (unpaired) electrons. The van der Waals surface area contributed by atoms with Crippen LogP contribution in [0.1, 0.15) is 33.2 Å². The molecule has 0 bridgehead atoms. The maximum atomic E-state index is 12.4. The van der Waals surface area contributed by atoms with Gasteiger partial charge in [-0.25, -0.2) is 4.79 Å². The van der Waals surface area contributed by atoms with Gasteiger partial charge in [-0.05, 0) is 43.7 Å². The predicted octanol–water partition coefficient (Wildman–Crippen LogP) is 2.81. The number of hydrogen-bond donors (Lipinski definition) is 1. The van der Waals surface area contributed by atoms with Gasteiger partial charge in [-0.3, -0.25) is 19.3 Å². The number of aryl methyl sites for hydroxylation is 1. The number of ether oxygens (including phenoxy) is 1. The Balaban J connectivity index is 1.61. The molecule has 144 valence electrons. The summed E-state index contributed by atoms with van der Waals surface area (Å²) in [6.45, 7) is 2.61. The number of imide groups is 1. The fraction of sp³-hybridized carbons (Fsp3) is 0.200. The zero-order chi connectivity index (χ0) is 20.4. The Labute approximate surface area is 166 Å². The van der Waals surface area contributed by atoms with Gasteiger partial charge in [-0.2, -0.15) is 0 Å². The second-order valence-corrected chi connectivity index (χ2v) is 6.75. The number of fused-ring (bicyclic) bond motifs is 1. The third kappa shape index (κ3) is 3.75. The molecule has 1 N–H and O–H groups in total. The molecular weight excluding hydrogens is 384 g/mol. The van der Waals surface area contributed by atoms with Gasteiger partial charge in [-0.15, -0.1) is 0 Å². The Kier molecular flexibility index (Phi) is 5.46. The summed E-state index contributed by atoms with van der Waals surface area (Å²) in [5.74, 6) is -2.55. The second kappa shape index (κ2) is 7.82. The van der Waals surface area contributed by atoms with Gasteiger partial charge < -0.3 is 10.1 Å². The highest BCUT2D eigenvalue weighted by Crippen LogP contribution is 2.25. The van der Waals surface area contributed by atoms with E-state index < -0.39 is 36.3 Å². The average molecular weight is 401 g/mol. The smallest absolute Gasteiger partial charge is 0.329 e. The summed E-state index contributed by atoms with van der Waals surface area (Å²) in [6.07, 6.45) is 0. The molecule has 0 saturated heterocycles. The van der Waals surface area contributed by atoms with Crippen molar-refractivity contribution in [3.8, 4) is 0 Å². The standard InChI is InChI=1S/C20H17ClN2O5/c1-11-7-8-13(21)9-16(11)22-17(24)10-28-20(27)12(2)23-18(25)14-5-3-4-6-15(14)19(23)26/h3-9,12H,10H2,1-2H3,(H,22,24)/t12-/m1/s1. The van der Waals surface area contributed by atoms with E-state index >= 15 is 0 Å². The Bertz CT molecular complexity index is 953. The van der Waals surface area contributed by atoms with Gasteiger partial charge in [0.2, 0.25) is 0 Å². The van der Waals surface area contributed by atoms with Crippen LogP contribution in [0.15, 0.2) is 42.5 Å². The van der Waals surface area contributed by atoms with Crippen LogP contribution in [0, 0.1) is 6.92 Å². The van der Waals surface area contributed by atoms with Crippen LogP contribution in [0.5, 0.6) is 0 Å². The molecule has 3 rings (SSSR count). The van der Waals surface area contributed by atoms with E-state index in [1.54, 1.807) is 37.3 Å². The molecular formula is C20H17ClN2O5. The fourth-order valence-electron chi connectivity index (χ4n) is 2.84. The molecule has 1 heterocycles. The van der Waals surface area contributed by atoms with E-state index in [0.29, 0.717) is 10.7 Å². The molecule has 1 atom stereocenters. The predicted molar refractivity (Wildman–Crippen MR) is 102 cm³/mol. The largest absolute Gasteiger partial charge is 0.454 e. The molecule has 0 fully saturated rings. The number of rotatable bonds is 5. The number of anilines is 1. The summed E-state index contributed by atoms with van der Waals surface area (Å²) in [6, 6.07) is 10.2. The van der Waals surface area contributed by atoms with Crippen molar-refractivity contribution in [2.75, 3.05) is 11.9 Å². The highest BCUT2D eigenvalue weighted by Gasteiger charge is 2.41. The number of benzene rings is 2. The normalized spacial score (nSPS) is 13.9. The van der Waals surface area contributed by atoms with E-state index in [9.17, 15) is 19.2 Å². The van der Waals surface area contributed by atoms with Crippen molar-refractivity contribution in [3.05, 3.63) is 64.2 Å². The first-order valence-electron chi connectivity index (χ1n) is 8.49. The Morgan fingerprint density at radius 3 is 2.32 bits per heavy atom. The highest BCUT2D eigenvalue weighted by atomic mass is 35.5. The van der Waals surface area contributed by atoms with E-state index in [1.807, 2.05) is 0 Å². The van der Waals surface area contributed by atoms with Gasteiger partial charge in [0, 0.05) is 10.7 Å². The maximum absolute atomic E-state index is 12.4. The molecule has 0 unspecified atom stereocenters. The maximum Gasteiger partial charge on any atom is 0.329 e. The number of nitrogens with one attached hydrogen (secondary N) is 1. The van der Waals surface area contributed by atoms with Crippen molar-refractivity contribution in [2.24, 2.45) is 0 Å². The third-order valence-electron chi connectivity index (χ3n) is 4.37. The number of hydrogen-bond acceptors (Lipinski definition) is 5. The van der Waals surface area contributed by atoms with Crippen LogP contribution in [0.4, 0.5) is 5.69 Å². The Hall–Kier alpha value is -3.19. The van der Waals surface area contributed by atoms with Gasteiger partial charge in [0.15, 0.2) is 6.61 Å². The van der Waals surface area contributed by atoms with Crippen LogP contribution in [0.2, 0.25) is 5.02 Å². The molecule has 0 aromatic heterocycles. The van der Waals surface area contributed by atoms with Crippen molar-refractivity contribution in [3.63, 3.8) is 0 Å². The van der Waals surface area contributed by atoms with Crippen molar-refractivity contribution >= 4 is 41.0 Å². The SMILES string of the molecule is Cc1ccc(Cl)cc1NC(=O)COC(=O)[C@@H](C)N1C(=O)c2ccccc2C1=O. The van der Waals surface area contributed by atoms with Gasteiger partial charge in [0.05, 0.1) is 11.1 Å². The van der Waals surface area contributed by atoms with Gasteiger partial charge in [0.1, 0.15) is 6.04 Å². The molecule has 2 aromatic rings. The molecule has 1 aliphatic heterocycles. The summed E-state index contributed by atoms with van der Waals surface area (Å²) in [5.41, 5.74) is 1.77. The molecule has 7 nitrogen and oxygen atoms in total. The molecule has 0 saturated carbocycles. The minimum atomic E-state index is -1.16. The summed E-state index contributed by atoms with van der Waals surface area (Å²) >= 11 is 5.90. The summed E-state index contributed by atoms with van der Waals surface area (Å²) < 4.78 is 4.99. The first kappa shape index (κ1) is 19.6. The molecule has 28 heavy (non-hydrogen) atoms. The van der Waals surface area contributed by atoms with Crippen molar-refractivity contribution in [2.45, 2.75) is 19.9 Å². The van der Waals surface area contributed by atoms with Gasteiger partial charge >= 0.3 is 5.97 Å². The zero-order valence-electron chi connectivity index (χ0n) is 15.2. The van der Waals surface area contributed by atoms with Gasteiger partial charge in [0.25, 0.3) is 17.7 Å². The number of halogens is 1. The number of amides is 3. The monoisotopic (exact) mass is 400 g/mol. The minimum absolute atomic E-state index is 0.237. The van der Waals surface area contributed by atoms with Crippen LogP contribution in [0.25, 0.3) is 0 Å². The fourth-order valence-corrected chi connectivity index (χ4v) is 3.01. The van der Waals surface area contributed by atoms with Crippen LogP contribution in [0.3, 0.4) is 0 Å². The quantitative estimate of drug-likeness (QED) is 0.615. The number of esters is 1. The van der Waals surface area contributed by atoms with Gasteiger partial charge in [-0.1, -0.05) is 29.8 Å². The highest BCUT2D eigenvalue weighted by molar-refractivity contribution is 6.31. The van der Waals surface area contributed by atoms with Crippen molar-refractivity contribution in [1.82, 2.24) is 4.90 Å². The lowest BCUT2D eigenvalue weighted by molar-refractivity contribution is -0.150. The summed E-state index contributed by atoms with van der Waals surface area (Å²) in [7, 11) is 0. The lowest BCUT2D eigenvalue weighted by Gasteiger charge is -2.20. The second-order valence-electron chi connectivity index (χ2n) is 6.32. The lowest BCUT2D eigenvalue weighted by atomic mass is 10.1. The van der Waals surface area contributed by atoms with E-state index in [1.165, 1.54) is 19.1 Å². The van der Waals surface area contributed by atoms with Crippen molar-refractivity contribution < 1.29 is 23.9 Å². The van der Waals surface area contributed by atoms with Crippen LogP contribution >= 0.6 is 11.6 Å².